The lowest BCUT2D eigenvalue weighted by Crippen LogP contribution is -2.02. The van der Waals surface area contributed by atoms with E-state index in [2.05, 4.69) is 16.0 Å². The number of esters is 1. The molecule has 2 aromatic carbocycles. The molecule has 0 aliphatic heterocycles. The van der Waals surface area contributed by atoms with Crippen molar-refractivity contribution in [3.63, 3.8) is 0 Å². The highest BCUT2D eigenvalue weighted by Crippen LogP contribution is 2.27. The van der Waals surface area contributed by atoms with Crippen molar-refractivity contribution in [3.05, 3.63) is 58.9 Å². The first-order valence-corrected chi connectivity index (χ1v) is 7.29. The van der Waals surface area contributed by atoms with E-state index in [9.17, 15) is 4.79 Å². The number of imidazole rings is 1. The maximum Gasteiger partial charge on any atom is 0.340 e. The maximum absolute atomic E-state index is 11.9. The van der Waals surface area contributed by atoms with Gasteiger partial charge in [-0.25, -0.2) is 9.78 Å². The Morgan fingerprint density at radius 1 is 1.21 bits per heavy atom. The average Bonchev–Trinajstić information content (AvgIpc) is 3.04. The second-order valence-corrected chi connectivity index (χ2v) is 5.20. The summed E-state index contributed by atoms with van der Waals surface area (Å²) in [7, 11) is 2.90. The number of hydrogen-bond donors (Lipinski definition) is 1. The Hall–Kier alpha value is -3.33. The fourth-order valence-electron chi connectivity index (χ4n) is 2.54. The lowest BCUT2D eigenvalue weighted by Gasteiger charge is -2.04. The van der Waals surface area contributed by atoms with Crippen LogP contribution in [0.1, 0.15) is 27.3 Å². The van der Waals surface area contributed by atoms with Crippen LogP contribution in [-0.2, 0) is 11.2 Å². The smallest absolute Gasteiger partial charge is 0.340 e. The number of aromatic amines is 1. The number of ether oxygens (including phenoxy) is 2. The average molecular weight is 321 g/mol. The molecule has 0 aliphatic rings. The van der Waals surface area contributed by atoms with Crippen LogP contribution in [0.4, 0.5) is 0 Å². The van der Waals surface area contributed by atoms with Crippen molar-refractivity contribution in [3.8, 4) is 11.8 Å². The van der Waals surface area contributed by atoms with Gasteiger partial charge in [0.05, 0.1) is 36.9 Å². The summed E-state index contributed by atoms with van der Waals surface area (Å²) in [6.07, 6.45) is 0.546. The molecule has 0 saturated carbocycles. The number of hydrogen-bond acceptors (Lipinski definition) is 5. The number of nitrogens with zero attached hydrogens (tertiary/aromatic N) is 2. The van der Waals surface area contributed by atoms with Crippen molar-refractivity contribution in [1.82, 2.24) is 9.97 Å². The molecule has 6 nitrogen and oxygen atoms in total. The zero-order valence-corrected chi connectivity index (χ0v) is 13.3. The minimum Gasteiger partial charge on any atom is -0.494 e. The number of fused-ring (bicyclic) bond motifs is 1. The molecule has 0 radical (unpaired) electrons. The van der Waals surface area contributed by atoms with E-state index in [4.69, 9.17) is 14.7 Å². The van der Waals surface area contributed by atoms with E-state index in [1.165, 1.54) is 7.11 Å². The SMILES string of the molecule is COC(=O)c1ccc(OC)c2nc(Cc3ccc(C#N)cc3)[nH]c12. The summed E-state index contributed by atoms with van der Waals surface area (Å²) >= 11 is 0. The molecule has 3 rings (SSSR count). The molecule has 0 unspecified atom stereocenters. The highest BCUT2D eigenvalue weighted by Gasteiger charge is 2.17. The number of nitriles is 1. The predicted molar refractivity (Wildman–Crippen MR) is 87.9 cm³/mol. The van der Waals surface area contributed by atoms with Crippen molar-refractivity contribution in [2.75, 3.05) is 14.2 Å². The van der Waals surface area contributed by atoms with E-state index in [-0.39, 0.29) is 0 Å². The van der Waals surface area contributed by atoms with Gasteiger partial charge in [-0.1, -0.05) is 12.1 Å². The van der Waals surface area contributed by atoms with Crippen molar-refractivity contribution < 1.29 is 14.3 Å². The van der Waals surface area contributed by atoms with Crippen LogP contribution in [0, 0.1) is 11.3 Å². The molecule has 1 N–H and O–H groups in total. The molecule has 0 aliphatic carbocycles. The van der Waals surface area contributed by atoms with E-state index in [0.717, 1.165) is 5.56 Å². The van der Waals surface area contributed by atoms with Crippen LogP contribution in [0.5, 0.6) is 5.75 Å². The Bertz CT molecular complexity index is 937. The Balaban J connectivity index is 2.02. The van der Waals surface area contributed by atoms with Crippen molar-refractivity contribution in [2.45, 2.75) is 6.42 Å². The number of methoxy groups -OCH3 is 2. The van der Waals surface area contributed by atoms with Gasteiger partial charge in [-0.2, -0.15) is 5.26 Å². The maximum atomic E-state index is 11.9. The normalized spacial score (nSPS) is 10.4. The van der Waals surface area contributed by atoms with E-state index < -0.39 is 5.97 Å². The molecule has 0 amide bonds. The van der Waals surface area contributed by atoms with Gasteiger partial charge in [0.1, 0.15) is 17.1 Å². The predicted octanol–water partition coefficient (Wildman–Crippen LogP) is 2.82. The number of aromatic nitrogens is 2. The van der Waals surface area contributed by atoms with Gasteiger partial charge in [0.15, 0.2) is 0 Å². The second-order valence-electron chi connectivity index (χ2n) is 5.20. The molecule has 1 aromatic heterocycles. The minimum absolute atomic E-state index is 0.409. The highest BCUT2D eigenvalue weighted by atomic mass is 16.5. The number of carbonyl (C=O) groups excluding carboxylic acids is 1. The van der Waals surface area contributed by atoms with E-state index in [1.54, 1.807) is 31.4 Å². The van der Waals surface area contributed by atoms with Gasteiger partial charge in [-0.05, 0) is 29.8 Å². The molecule has 24 heavy (non-hydrogen) atoms. The molecule has 0 spiro atoms. The van der Waals surface area contributed by atoms with E-state index in [0.29, 0.717) is 40.2 Å². The van der Waals surface area contributed by atoms with Crippen LogP contribution < -0.4 is 4.74 Å². The molecule has 6 heteroatoms. The van der Waals surface area contributed by atoms with Gasteiger partial charge in [-0.15, -0.1) is 0 Å². The van der Waals surface area contributed by atoms with Gasteiger partial charge < -0.3 is 14.5 Å². The van der Waals surface area contributed by atoms with Crippen LogP contribution in [0.25, 0.3) is 11.0 Å². The summed E-state index contributed by atoms with van der Waals surface area (Å²) in [5.41, 5.74) is 3.20. The monoisotopic (exact) mass is 321 g/mol. The summed E-state index contributed by atoms with van der Waals surface area (Å²) in [5.74, 6) is 0.848. The van der Waals surface area contributed by atoms with Gasteiger partial charge in [0, 0.05) is 6.42 Å². The lowest BCUT2D eigenvalue weighted by molar-refractivity contribution is 0.0603. The first kappa shape index (κ1) is 15.6. The molecular weight excluding hydrogens is 306 g/mol. The first-order chi connectivity index (χ1) is 11.7. The summed E-state index contributed by atoms with van der Waals surface area (Å²) in [6.45, 7) is 0. The zero-order chi connectivity index (χ0) is 17.1. The van der Waals surface area contributed by atoms with Crippen LogP contribution >= 0.6 is 0 Å². The van der Waals surface area contributed by atoms with Crippen LogP contribution in [0.2, 0.25) is 0 Å². The van der Waals surface area contributed by atoms with Gasteiger partial charge >= 0.3 is 5.97 Å². The number of rotatable bonds is 4. The van der Waals surface area contributed by atoms with Gasteiger partial charge in [0.2, 0.25) is 0 Å². The second kappa shape index (κ2) is 6.42. The lowest BCUT2D eigenvalue weighted by atomic mass is 10.1. The van der Waals surface area contributed by atoms with Gasteiger partial charge in [-0.3, -0.25) is 0 Å². The number of benzene rings is 2. The third-order valence-corrected chi connectivity index (χ3v) is 3.74. The van der Waals surface area contributed by atoms with E-state index in [1.807, 2.05) is 12.1 Å². The number of nitrogens with one attached hydrogen (secondary N) is 1. The van der Waals surface area contributed by atoms with Crippen LogP contribution in [0.15, 0.2) is 36.4 Å². The summed E-state index contributed by atoms with van der Waals surface area (Å²) in [4.78, 5) is 19.6. The molecule has 0 bridgehead atoms. The molecule has 1 heterocycles. The first-order valence-electron chi connectivity index (χ1n) is 7.29. The highest BCUT2D eigenvalue weighted by molar-refractivity contribution is 6.03. The largest absolute Gasteiger partial charge is 0.494 e. The number of H-pyrrole nitrogens is 1. The molecule has 120 valence electrons. The molecule has 0 fully saturated rings. The third-order valence-electron chi connectivity index (χ3n) is 3.74. The summed E-state index contributed by atoms with van der Waals surface area (Å²) in [6, 6.07) is 12.7. The molecule has 0 atom stereocenters. The van der Waals surface area contributed by atoms with Crippen molar-refractivity contribution >= 4 is 17.0 Å². The van der Waals surface area contributed by atoms with Crippen molar-refractivity contribution in [2.24, 2.45) is 0 Å². The Morgan fingerprint density at radius 2 is 1.96 bits per heavy atom. The Labute approximate surface area is 138 Å². The summed E-state index contributed by atoms with van der Waals surface area (Å²) in [5, 5.41) is 8.85. The van der Waals surface area contributed by atoms with E-state index >= 15 is 0 Å². The Morgan fingerprint density at radius 3 is 2.58 bits per heavy atom. The standard InChI is InChI=1S/C18H15N3O3/c1-23-14-8-7-13(18(22)24-2)16-17(14)21-15(20-16)9-11-3-5-12(10-19)6-4-11/h3-8H,9H2,1-2H3,(H,20,21). The fourth-order valence-corrected chi connectivity index (χ4v) is 2.54. The van der Waals surface area contributed by atoms with Gasteiger partial charge in [0.25, 0.3) is 0 Å². The van der Waals surface area contributed by atoms with Crippen LogP contribution in [-0.4, -0.2) is 30.2 Å². The molecule has 3 aromatic rings. The molecular formula is C18H15N3O3. The quantitative estimate of drug-likeness (QED) is 0.747. The number of carbonyl (C=O) groups is 1. The third kappa shape index (κ3) is 2.79. The Kier molecular flexibility index (Phi) is 4.17. The summed E-state index contributed by atoms with van der Waals surface area (Å²) < 4.78 is 10.1. The zero-order valence-electron chi connectivity index (χ0n) is 13.3. The fraction of sp³-hybridized carbons (Fsp3) is 0.167. The minimum atomic E-state index is -0.434. The molecule has 0 saturated heterocycles. The van der Waals surface area contributed by atoms with Crippen LogP contribution in [0.3, 0.4) is 0 Å². The van der Waals surface area contributed by atoms with Crippen molar-refractivity contribution in [1.29, 1.82) is 5.26 Å². The topological polar surface area (TPSA) is 88.0 Å².